The molecule has 0 atom stereocenters. The fraction of sp³-hybridized carbons (Fsp3) is 0.400. The molecule has 2 nitrogen and oxygen atoms in total. The molecule has 2 heteroatoms. The van der Waals surface area contributed by atoms with E-state index in [0.29, 0.717) is 13.0 Å². The first-order valence-electron chi connectivity index (χ1n) is 6.07. The second kappa shape index (κ2) is 4.74. The third-order valence-corrected chi connectivity index (χ3v) is 3.16. The number of esters is 1. The minimum Gasteiger partial charge on any atom is -0.466 e. The van der Waals surface area contributed by atoms with Gasteiger partial charge in [0, 0.05) is 0 Å². The Bertz CT molecular complexity index is 484. The van der Waals surface area contributed by atoms with Crippen molar-refractivity contribution >= 4 is 11.5 Å². The molecule has 1 aromatic rings. The average molecular weight is 230 g/mol. The van der Waals surface area contributed by atoms with Gasteiger partial charge in [-0.15, -0.1) is 0 Å². The number of fused-ring (bicyclic) bond motifs is 1. The van der Waals surface area contributed by atoms with Crippen LogP contribution in [0.5, 0.6) is 0 Å². The van der Waals surface area contributed by atoms with Crippen molar-refractivity contribution in [2.24, 2.45) is 0 Å². The normalized spacial score (nSPS) is 13.2. The van der Waals surface area contributed by atoms with E-state index < -0.39 is 0 Å². The maximum Gasteiger partial charge on any atom is 0.310 e. The van der Waals surface area contributed by atoms with Gasteiger partial charge in [-0.25, -0.2) is 0 Å². The second-order valence-corrected chi connectivity index (χ2v) is 4.52. The number of allylic oxidation sites excluding steroid dienone is 1. The maximum atomic E-state index is 11.5. The van der Waals surface area contributed by atoms with E-state index in [1.807, 2.05) is 6.92 Å². The Kier molecular flexibility index (Phi) is 3.32. The molecular formula is C15H18O2. The SMILES string of the molecule is CCOC(=O)CC1=CCc2c(C)cc(C)cc21. The Morgan fingerprint density at radius 2 is 2.12 bits per heavy atom. The standard InChI is InChI=1S/C15H18O2/c1-4-17-15(16)9-12-5-6-13-11(3)7-10(2)8-14(12)13/h5,7-8H,4,6,9H2,1-3H3. The third-order valence-electron chi connectivity index (χ3n) is 3.16. The van der Waals surface area contributed by atoms with E-state index in [-0.39, 0.29) is 5.97 Å². The fourth-order valence-corrected chi connectivity index (χ4v) is 2.43. The molecule has 0 spiro atoms. The molecule has 2 rings (SSSR count). The number of carbonyl (C=O) groups is 1. The molecule has 0 saturated heterocycles. The van der Waals surface area contributed by atoms with Crippen LogP contribution in [0.15, 0.2) is 18.2 Å². The smallest absolute Gasteiger partial charge is 0.310 e. The molecular weight excluding hydrogens is 212 g/mol. The molecule has 0 bridgehead atoms. The van der Waals surface area contributed by atoms with Crippen molar-refractivity contribution in [2.75, 3.05) is 6.61 Å². The molecule has 0 aliphatic heterocycles. The van der Waals surface area contributed by atoms with Crippen LogP contribution in [-0.2, 0) is 16.0 Å². The number of rotatable bonds is 3. The summed E-state index contributed by atoms with van der Waals surface area (Å²) in [4.78, 5) is 11.5. The van der Waals surface area contributed by atoms with Gasteiger partial charge >= 0.3 is 5.97 Å². The molecule has 1 aliphatic rings. The predicted octanol–water partition coefficient (Wildman–Crippen LogP) is 3.20. The van der Waals surface area contributed by atoms with Crippen LogP contribution in [0.4, 0.5) is 0 Å². The van der Waals surface area contributed by atoms with Gasteiger partial charge in [0.05, 0.1) is 13.0 Å². The molecule has 1 aromatic carbocycles. The van der Waals surface area contributed by atoms with Crippen LogP contribution in [0.1, 0.15) is 35.6 Å². The van der Waals surface area contributed by atoms with E-state index in [1.165, 1.54) is 22.3 Å². The summed E-state index contributed by atoms with van der Waals surface area (Å²) in [5.74, 6) is -0.134. The minimum atomic E-state index is -0.134. The Balaban J connectivity index is 2.24. The van der Waals surface area contributed by atoms with Crippen molar-refractivity contribution < 1.29 is 9.53 Å². The largest absolute Gasteiger partial charge is 0.466 e. The molecule has 17 heavy (non-hydrogen) atoms. The first kappa shape index (κ1) is 11.9. The molecule has 0 unspecified atom stereocenters. The summed E-state index contributed by atoms with van der Waals surface area (Å²) >= 11 is 0. The van der Waals surface area contributed by atoms with Gasteiger partial charge in [-0.2, -0.15) is 0 Å². The molecule has 0 fully saturated rings. The van der Waals surface area contributed by atoms with Crippen LogP contribution in [-0.4, -0.2) is 12.6 Å². The molecule has 90 valence electrons. The number of benzene rings is 1. The molecule has 0 aromatic heterocycles. The summed E-state index contributed by atoms with van der Waals surface area (Å²) in [6.07, 6.45) is 3.48. The first-order valence-corrected chi connectivity index (χ1v) is 6.07. The van der Waals surface area contributed by atoms with Crippen LogP contribution in [0, 0.1) is 13.8 Å². The number of carbonyl (C=O) groups excluding carboxylic acids is 1. The van der Waals surface area contributed by atoms with Crippen molar-refractivity contribution in [3.8, 4) is 0 Å². The van der Waals surface area contributed by atoms with Gasteiger partial charge in [0.1, 0.15) is 0 Å². The number of hydrogen-bond donors (Lipinski definition) is 0. The summed E-state index contributed by atoms with van der Waals surface area (Å²) < 4.78 is 5.00. The maximum absolute atomic E-state index is 11.5. The zero-order valence-electron chi connectivity index (χ0n) is 10.7. The highest BCUT2D eigenvalue weighted by Crippen LogP contribution is 2.33. The fourth-order valence-electron chi connectivity index (χ4n) is 2.43. The van der Waals surface area contributed by atoms with Gasteiger partial charge in [0.25, 0.3) is 0 Å². The van der Waals surface area contributed by atoms with Gasteiger partial charge in [0.15, 0.2) is 0 Å². The Morgan fingerprint density at radius 1 is 1.35 bits per heavy atom. The quantitative estimate of drug-likeness (QED) is 0.745. The first-order chi connectivity index (χ1) is 8.11. The third kappa shape index (κ3) is 2.41. The van der Waals surface area contributed by atoms with Crippen molar-refractivity contribution in [3.05, 3.63) is 40.5 Å². The van der Waals surface area contributed by atoms with Crippen molar-refractivity contribution in [1.29, 1.82) is 0 Å². The summed E-state index contributed by atoms with van der Waals surface area (Å²) in [5.41, 5.74) is 6.27. The molecule has 1 aliphatic carbocycles. The molecule has 0 N–H and O–H groups in total. The van der Waals surface area contributed by atoms with E-state index >= 15 is 0 Å². The number of aryl methyl sites for hydroxylation is 2. The number of hydrogen-bond acceptors (Lipinski definition) is 2. The van der Waals surface area contributed by atoms with Gasteiger partial charge in [-0.05, 0) is 49.5 Å². The summed E-state index contributed by atoms with van der Waals surface area (Å²) in [7, 11) is 0. The summed E-state index contributed by atoms with van der Waals surface area (Å²) in [5, 5.41) is 0. The minimum absolute atomic E-state index is 0.134. The van der Waals surface area contributed by atoms with E-state index in [2.05, 4.69) is 32.1 Å². The van der Waals surface area contributed by atoms with Crippen molar-refractivity contribution in [3.63, 3.8) is 0 Å². The topological polar surface area (TPSA) is 26.3 Å². The van der Waals surface area contributed by atoms with E-state index in [0.717, 1.165) is 12.0 Å². The summed E-state index contributed by atoms with van der Waals surface area (Å²) in [6, 6.07) is 4.36. The molecule has 0 heterocycles. The van der Waals surface area contributed by atoms with E-state index in [4.69, 9.17) is 4.74 Å². The predicted molar refractivity (Wildman–Crippen MR) is 68.8 cm³/mol. The lowest BCUT2D eigenvalue weighted by Crippen LogP contribution is -2.04. The molecule has 0 amide bonds. The molecule has 0 radical (unpaired) electrons. The van der Waals surface area contributed by atoms with Crippen LogP contribution in [0.3, 0.4) is 0 Å². The monoisotopic (exact) mass is 230 g/mol. The highest BCUT2D eigenvalue weighted by Gasteiger charge is 2.18. The average Bonchev–Trinajstić information content (AvgIpc) is 2.62. The zero-order valence-corrected chi connectivity index (χ0v) is 10.7. The lowest BCUT2D eigenvalue weighted by atomic mass is 9.97. The Labute approximate surface area is 102 Å². The Morgan fingerprint density at radius 3 is 2.82 bits per heavy atom. The van der Waals surface area contributed by atoms with Crippen LogP contribution in [0.2, 0.25) is 0 Å². The lowest BCUT2D eigenvalue weighted by Gasteiger charge is -2.09. The highest BCUT2D eigenvalue weighted by molar-refractivity contribution is 5.88. The Hall–Kier alpha value is -1.57. The lowest BCUT2D eigenvalue weighted by molar-refractivity contribution is -0.141. The number of ether oxygens (including phenoxy) is 1. The van der Waals surface area contributed by atoms with Crippen molar-refractivity contribution in [2.45, 2.75) is 33.6 Å². The van der Waals surface area contributed by atoms with Crippen LogP contribution in [0.25, 0.3) is 5.57 Å². The summed E-state index contributed by atoms with van der Waals surface area (Å²) in [6.45, 7) is 6.51. The van der Waals surface area contributed by atoms with Gasteiger partial charge in [-0.1, -0.05) is 23.8 Å². The van der Waals surface area contributed by atoms with Gasteiger partial charge in [-0.3, -0.25) is 4.79 Å². The van der Waals surface area contributed by atoms with E-state index in [9.17, 15) is 4.79 Å². The van der Waals surface area contributed by atoms with Crippen molar-refractivity contribution in [1.82, 2.24) is 0 Å². The second-order valence-electron chi connectivity index (χ2n) is 4.52. The zero-order chi connectivity index (χ0) is 12.4. The van der Waals surface area contributed by atoms with E-state index in [1.54, 1.807) is 0 Å². The van der Waals surface area contributed by atoms with Gasteiger partial charge < -0.3 is 4.74 Å². The molecule has 0 saturated carbocycles. The van der Waals surface area contributed by atoms with Crippen LogP contribution >= 0.6 is 0 Å². The highest BCUT2D eigenvalue weighted by atomic mass is 16.5. The van der Waals surface area contributed by atoms with Gasteiger partial charge in [0.2, 0.25) is 0 Å². The van der Waals surface area contributed by atoms with Crippen LogP contribution < -0.4 is 0 Å².